The molecule has 76 valence electrons. The predicted molar refractivity (Wildman–Crippen MR) is 54.1 cm³/mol. The first-order valence-electron chi connectivity index (χ1n) is 5.46. The van der Waals surface area contributed by atoms with E-state index in [1.807, 2.05) is 0 Å². The van der Waals surface area contributed by atoms with Gasteiger partial charge in [-0.25, -0.2) is 0 Å². The fraction of sp³-hybridized carbons (Fsp3) is 0.909. The zero-order valence-corrected chi connectivity index (χ0v) is 8.75. The third kappa shape index (κ3) is 2.45. The Morgan fingerprint density at radius 1 is 1.46 bits per heavy atom. The molecule has 2 nitrogen and oxygen atoms in total. The van der Waals surface area contributed by atoms with Gasteiger partial charge in [0.1, 0.15) is 0 Å². The van der Waals surface area contributed by atoms with Gasteiger partial charge in [0.15, 0.2) is 0 Å². The average molecular weight is 183 g/mol. The number of primary amides is 1. The van der Waals surface area contributed by atoms with Crippen molar-refractivity contribution in [3.63, 3.8) is 0 Å². The molecule has 1 fully saturated rings. The van der Waals surface area contributed by atoms with Crippen molar-refractivity contribution in [3.8, 4) is 0 Å². The van der Waals surface area contributed by atoms with Crippen LogP contribution in [-0.4, -0.2) is 5.91 Å². The predicted octanol–water partition coefficient (Wildman–Crippen LogP) is 2.32. The Balaban J connectivity index is 2.60. The van der Waals surface area contributed by atoms with Crippen LogP contribution in [0, 0.1) is 17.8 Å². The van der Waals surface area contributed by atoms with Gasteiger partial charge in [0, 0.05) is 5.92 Å². The van der Waals surface area contributed by atoms with Crippen molar-refractivity contribution in [2.24, 2.45) is 23.5 Å². The van der Waals surface area contributed by atoms with E-state index in [-0.39, 0.29) is 11.8 Å². The molecule has 1 aliphatic rings. The van der Waals surface area contributed by atoms with Gasteiger partial charge in [-0.05, 0) is 24.7 Å². The van der Waals surface area contributed by atoms with Crippen LogP contribution in [0.5, 0.6) is 0 Å². The van der Waals surface area contributed by atoms with Crippen molar-refractivity contribution in [3.05, 3.63) is 0 Å². The first-order chi connectivity index (χ1) is 6.16. The van der Waals surface area contributed by atoms with E-state index >= 15 is 0 Å². The SMILES string of the molecule is CCC(C)C(C(N)=O)C1CCCC1. The van der Waals surface area contributed by atoms with Crippen LogP contribution in [0.25, 0.3) is 0 Å². The molecule has 0 aromatic rings. The van der Waals surface area contributed by atoms with E-state index in [9.17, 15) is 4.79 Å². The van der Waals surface area contributed by atoms with Crippen molar-refractivity contribution in [2.45, 2.75) is 46.0 Å². The van der Waals surface area contributed by atoms with Crippen LogP contribution < -0.4 is 5.73 Å². The smallest absolute Gasteiger partial charge is 0.221 e. The van der Waals surface area contributed by atoms with Crippen LogP contribution in [0.4, 0.5) is 0 Å². The molecule has 0 aromatic heterocycles. The average Bonchev–Trinajstić information content (AvgIpc) is 2.56. The summed E-state index contributed by atoms with van der Waals surface area (Å²) >= 11 is 0. The molecule has 2 heteroatoms. The first kappa shape index (κ1) is 10.6. The summed E-state index contributed by atoms with van der Waals surface area (Å²) in [6.45, 7) is 4.28. The summed E-state index contributed by atoms with van der Waals surface area (Å²) in [4.78, 5) is 11.3. The van der Waals surface area contributed by atoms with Crippen molar-refractivity contribution < 1.29 is 4.79 Å². The maximum absolute atomic E-state index is 11.3. The topological polar surface area (TPSA) is 43.1 Å². The van der Waals surface area contributed by atoms with E-state index in [0.717, 1.165) is 6.42 Å². The molecule has 0 radical (unpaired) electrons. The second-order valence-corrected chi connectivity index (χ2v) is 4.36. The molecule has 0 bridgehead atoms. The minimum Gasteiger partial charge on any atom is -0.369 e. The van der Waals surface area contributed by atoms with Gasteiger partial charge in [-0.2, -0.15) is 0 Å². The van der Waals surface area contributed by atoms with E-state index < -0.39 is 0 Å². The Labute approximate surface area is 80.9 Å². The van der Waals surface area contributed by atoms with Gasteiger partial charge in [0.05, 0.1) is 0 Å². The maximum Gasteiger partial charge on any atom is 0.221 e. The zero-order valence-electron chi connectivity index (χ0n) is 8.75. The van der Waals surface area contributed by atoms with Gasteiger partial charge in [-0.3, -0.25) is 4.79 Å². The van der Waals surface area contributed by atoms with Crippen molar-refractivity contribution in [1.82, 2.24) is 0 Å². The number of carbonyl (C=O) groups is 1. The lowest BCUT2D eigenvalue weighted by Gasteiger charge is -2.25. The van der Waals surface area contributed by atoms with Crippen LogP contribution in [0.15, 0.2) is 0 Å². The highest BCUT2D eigenvalue weighted by atomic mass is 16.1. The molecule has 0 aromatic carbocycles. The highest BCUT2D eigenvalue weighted by Gasteiger charge is 2.32. The van der Waals surface area contributed by atoms with Crippen molar-refractivity contribution >= 4 is 5.91 Å². The lowest BCUT2D eigenvalue weighted by molar-refractivity contribution is -0.125. The highest BCUT2D eigenvalue weighted by molar-refractivity contribution is 5.77. The van der Waals surface area contributed by atoms with Crippen LogP contribution in [0.1, 0.15) is 46.0 Å². The number of nitrogens with two attached hydrogens (primary N) is 1. The summed E-state index contributed by atoms with van der Waals surface area (Å²) in [5.41, 5.74) is 5.45. The Bertz CT molecular complexity index is 173. The molecular weight excluding hydrogens is 162 g/mol. The highest BCUT2D eigenvalue weighted by Crippen LogP contribution is 2.35. The molecule has 1 rings (SSSR count). The maximum atomic E-state index is 11.3. The zero-order chi connectivity index (χ0) is 9.84. The van der Waals surface area contributed by atoms with Gasteiger partial charge in [-0.15, -0.1) is 0 Å². The fourth-order valence-electron chi connectivity index (χ4n) is 2.55. The minimum atomic E-state index is -0.0822. The van der Waals surface area contributed by atoms with Crippen LogP contribution in [-0.2, 0) is 4.79 Å². The van der Waals surface area contributed by atoms with E-state index in [1.165, 1.54) is 25.7 Å². The number of amides is 1. The van der Waals surface area contributed by atoms with E-state index in [1.54, 1.807) is 0 Å². The largest absolute Gasteiger partial charge is 0.369 e. The lowest BCUT2D eigenvalue weighted by Crippen LogP contribution is -2.33. The number of hydrogen-bond donors (Lipinski definition) is 1. The van der Waals surface area contributed by atoms with Crippen LogP contribution >= 0.6 is 0 Å². The van der Waals surface area contributed by atoms with E-state index in [2.05, 4.69) is 13.8 Å². The third-order valence-electron chi connectivity index (χ3n) is 3.49. The molecule has 2 atom stereocenters. The Kier molecular flexibility index (Phi) is 3.76. The molecule has 13 heavy (non-hydrogen) atoms. The van der Waals surface area contributed by atoms with E-state index in [0.29, 0.717) is 11.8 Å². The molecule has 1 amide bonds. The molecule has 0 saturated heterocycles. The summed E-state index contributed by atoms with van der Waals surface area (Å²) in [6.07, 6.45) is 6.04. The van der Waals surface area contributed by atoms with Gasteiger partial charge in [0.2, 0.25) is 5.91 Å². The molecule has 2 N–H and O–H groups in total. The van der Waals surface area contributed by atoms with Crippen LogP contribution in [0.3, 0.4) is 0 Å². The summed E-state index contributed by atoms with van der Waals surface area (Å²) in [7, 11) is 0. The normalized spacial score (nSPS) is 22.9. The summed E-state index contributed by atoms with van der Waals surface area (Å²) in [5, 5.41) is 0. The summed E-state index contributed by atoms with van der Waals surface area (Å²) in [6, 6.07) is 0. The molecule has 1 aliphatic carbocycles. The second-order valence-electron chi connectivity index (χ2n) is 4.36. The van der Waals surface area contributed by atoms with Gasteiger partial charge in [0.25, 0.3) is 0 Å². The number of rotatable bonds is 4. The third-order valence-corrected chi connectivity index (χ3v) is 3.49. The Morgan fingerprint density at radius 2 is 2.00 bits per heavy atom. The first-order valence-corrected chi connectivity index (χ1v) is 5.46. The summed E-state index contributed by atoms with van der Waals surface area (Å²) < 4.78 is 0. The van der Waals surface area contributed by atoms with Crippen LogP contribution in [0.2, 0.25) is 0 Å². The van der Waals surface area contributed by atoms with Gasteiger partial charge >= 0.3 is 0 Å². The summed E-state index contributed by atoms with van der Waals surface area (Å²) in [5.74, 6) is 1.08. The molecular formula is C11H21NO. The Morgan fingerprint density at radius 3 is 2.38 bits per heavy atom. The quantitative estimate of drug-likeness (QED) is 0.714. The fourth-order valence-corrected chi connectivity index (χ4v) is 2.55. The van der Waals surface area contributed by atoms with Crippen molar-refractivity contribution in [2.75, 3.05) is 0 Å². The standard InChI is InChI=1S/C11H21NO/c1-3-8(2)10(11(12)13)9-6-4-5-7-9/h8-10H,3-7H2,1-2H3,(H2,12,13). The molecule has 0 spiro atoms. The molecule has 1 saturated carbocycles. The number of hydrogen-bond acceptors (Lipinski definition) is 1. The lowest BCUT2D eigenvalue weighted by atomic mass is 9.80. The Hall–Kier alpha value is -0.530. The minimum absolute atomic E-state index is 0.0822. The van der Waals surface area contributed by atoms with Gasteiger partial charge in [-0.1, -0.05) is 33.1 Å². The monoisotopic (exact) mass is 183 g/mol. The molecule has 2 unspecified atom stereocenters. The van der Waals surface area contributed by atoms with Crippen molar-refractivity contribution in [1.29, 1.82) is 0 Å². The van der Waals surface area contributed by atoms with E-state index in [4.69, 9.17) is 5.73 Å². The second kappa shape index (κ2) is 4.64. The number of carbonyl (C=O) groups excluding carboxylic acids is 1. The molecule has 0 aliphatic heterocycles. The van der Waals surface area contributed by atoms with Gasteiger partial charge < -0.3 is 5.73 Å². The molecule has 0 heterocycles.